The fourth-order valence-corrected chi connectivity index (χ4v) is 3.02. The molecule has 1 aliphatic rings. The molecular formula is C18H22ClN3O2. The van der Waals surface area contributed by atoms with Gasteiger partial charge in [-0.15, -0.1) is 0 Å². The molecular weight excluding hydrogens is 326 g/mol. The number of rotatable bonds is 1. The quantitative estimate of drug-likeness (QED) is 0.733. The minimum atomic E-state index is -0.472. The first-order valence-corrected chi connectivity index (χ1v) is 8.49. The normalized spacial score (nSPS) is 15.7. The molecule has 3 rings (SSSR count). The summed E-state index contributed by atoms with van der Waals surface area (Å²) in [5, 5.41) is 1.56. The number of carbonyl (C=O) groups excluding carboxylic acids is 1. The number of aromatic nitrogens is 1. The van der Waals surface area contributed by atoms with Crippen LogP contribution in [0.2, 0.25) is 5.15 Å². The van der Waals surface area contributed by atoms with Crippen LogP contribution in [0.1, 0.15) is 20.8 Å². The number of hydrogen-bond donors (Lipinski definition) is 0. The van der Waals surface area contributed by atoms with Gasteiger partial charge >= 0.3 is 6.09 Å². The highest BCUT2D eigenvalue weighted by Crippen LogP contribution is 2.29. The lowest BCUT2D eigenvalue weighted by Crippen LogP contribution is -2.50. The number of fused-ring (bicyclic) bond motifs is 1. The maximum atomic E-state index is 12.1. The van der Waals surface area contributed by atoms with Crippen molar-refractivity contribution in [2.75, 3.05) is 31.1 Å². The summed E-state index contributed by atoms with van der Waals surface area (Å²) >= 11 is 6.36. The molecule has 1 amide bonds. The van der Waals surface area contributed by atoms with Crippen molar-refractivity contribution in [3.63, 3.8) is 0 Å². The van der Waals surface area contributed by atoms with E-state index in [1.165, 1.54) is 0 Å². The molecule has 1 aliphatic heterocycles. The molecule has 24 heavy (non-hydrogen) atoms. The fraction of sp³-hybridized carbons (Fsp3) is 0.444. The highest BCUT2D eigenvalue weighted by molar-refractivity contribution is 6.32. The van der Waals surface area contributed by atoms with E-state index in [1.54, 1.807) is 4.90 Å². The van der Waals surface area contributed by atoms with E-state index in [1.807, 2.05) is 45.0 Å². The standard InChI is InChI=1S/C18H22ClN3O2/c1-18(2,3)24-17(23)22-10-8-21(9-11-22)15-12-13-6-4-5-7-14(13)20-16(15)19/h4-7,12H,8-11H2,1-3H3. The second kappa shape index (κ2) is 6.48. The number of carbonyl (C=O) groups is 1. The summed E-state index contributed by atoms with van der Waals surface area (Å²) in [5.74, 6) is 0. The largest absolute Gasteiger partial charge is 0.444 e. The summed E-state index contributed by atoms with van der Waals surface area (Å²) in [6, 6.07) is 9.98. The summed E-state index contributed by atoms with van der Waals surface area (Å²) < 4.78 is 5.43. The van der Waals surface area contributed by atoms with Crippen LogP contribution in [0.25, 0.3) is 10.9 Å². The van der Waals surface area contributed by atoms with E-state index in [-0.39, 0.29) is 6.09 Å². The highest BCUT2D eigenvalue weighted by Gasteiger charge is 2.26. The smallest absolute Gasteiger partial charge is 0.410 e. The number of amides is 1. The van der Waals surface area contributed by atoms with Crippen molar-refractivity contribution in [3.8, 4) is 0 Å². The number of anilines is 1. The molecule has 6 heteroatoms. The van der Waals surface area contributed by atoms with Crippen molar-refractivity contribution >= 4 is 34.3 Å². The van der Waals surface area contributed by atoms with E-state index in [9.17, 15) is 4.79 Å². The molecule has 0 N–H and O–H groups in total. The van der Waals surface area contributed by atoms with Gasteiger partial charge in [-0.2, -0.15) is 0 Å². The molecule has 5 nitrogen and oxygen atoms in total. The molecule has 2 heterocycles. The Hall–Kier alpha value is -2.01. The number of ether oxygens (including phenoxy) is 1. The van der Waals surface area contributed by atoms with Crippen molar-refractivity contribution in [3.05, 3.63) is 35.5 Å². The Bertz CT molecular complexity index is 750. The summed E-state index contributed by atoms with van der Waals surface area (Å²) in [6.45, 7) is 8.26. The maximum Gasteiger partial charge on any atom is 0.410 e. The molecule has 0 spiro atoms. The number of nitrogens with zero attached hydrogens (tertiary/aromatic N) is 3. The molecule has 0 radical (unpaired) electrons. The zero-order valence-corrected chi connectivity index (χ0v) is 15.0. The second-order valence-corrected chi connectivity index (χ2v) is 7.30. The van der Waals surface area contributed by atoms with Crippen LogP contribution >= 0.6 is 11.6 Å². The van der Waals surface area contributed by atoms with Crippen LogP contribution in [0.3, 0.4) is 0 Å². The Kier molecular flexibility index (Phi) is 4.54. The van der Waals surface area contributed by atoms with E-state index in [4.69, 9.17) is 16.3 Å². The molecule has 0 atom stereocenters. The number of pyridine rings is 1. The predicted molar refractivity (Wildman–Crippen MR) is 96.8 cm³/mol. The number of hydrogen-bond acceptors (Lipinski definition) is 4. The summed E-state index contributed by atoms with van der Waals surface area (Å²) in [5.41, 5.74) is 1.33. The van der Waals surface area contributed by atoms with Gasteiger partial charge in [-0.3, -0.25) is 0 Å². The Morgan fingerprint density at radius 3 is 2.50 bits per heavy atom. The zero-order chi connectivity index (χ0) is 17.3. The van der Waals surface area contributed by atoms with Crippen LogP contribution in [-0.4, -0.2) is 47.8 Å². The minimum Gasteiger partial charge on any atom is -0.444 e. The number of halogens is 1. The first-order chi connectivity index (χ1) is 11.3. The average molecular weight is 348 g/mol. The fourth-order valence-electron chi connectivity index (χ4n) is 2.76. The van der Waals surface area contributed by atoms with Gasteiger partial charge in [0.2, 0.25) is 0 Å². The van der Waals surface area contributed by atoms with E-state index in [2.05, 4.69) is 16.0 Å². The monoisotopic (exact) mass is 347 g/mol. The molecule has 1 saturated heterocycles. The van der Waals surface area contributed by atoms with Gasteiger partial charge in [0.25, 0.3) is 0 Å². The van der Waals surface area contributed by atoms with Crippen molar-refractivity contribution < 1.29 is 9.53 Å². The SMILES string of the molecule is CC(C)(C)OC(=O)N1CCN(c2cc3ccccc3nc2Cl)CC1. The second-order valence-electron chi connectivity index (χ2n) is 6.95. The van der Waals surface area contributed by atoms with Crippen LogP contribution in [0, 0.1) is 0 Å². The maximum absolute atomic E-state index is 12.1. The molecule has 0 bridgehead atoms. The van der Waals surface area contributed by atoms with Gasteiger partial charge in [0.15, 0.2) is 5.15 Å². The molecule has 0 unspecified atom stereocenters. The van der Waals surface area contributed by atoms with Crippen molar-refractivity contribution in [1.29, 1.82) is 0 Å². The predicted octanol–water partition coefficient (Wildman–Crippen LogP) is 3.95. The van der Waals surface area contributed by atoms with Gasteiger partial charge in [-0.1, -0.05) is 29.8 Å². The molecule has 1 aromatic carbocycles. The topological polar surface area (TPSA) is 45.7 Å². The number of benzene rings is 1. The first-order valence-electron chi connectivity index (χ1n) is 8.12. The van der Waals surface area contributed by atoms with Crippen molar-refractivity contribution in [2.45, 2.75) is 26.4 Å². The van der Waals surface area contributed by atoms with E-state index >= 15 is 0 Å². The van der Waals surface area contributed by atoms with Gasteiger partial charge in [-0.25, -0.2) is 9.78 Å². The van der Waals surface area contributed by atoms with Gasteiger partial charge in [-0.05, 0) is 32.9 Å². The van der Waals surface area contributed by atoms with Crippen LogP contribution in [0.15, 0.2) is 30.3 Å². The third-order valence-electron chi connectivity index (χ3n) is 3.93. The lowest BCUT2D eigenvalue weighted by molar-refractivity contribution is 0.0240. The van der Waals surface area contributed by atoms with E-state index in [0.29, 0.717) is 31.3 Å². The molecule has 1 aromatic heterocycles. The van der Waals surface area contributed by atoms with Crippen LogP contribution in [0.5, 0.6) is 0 Å². The third-order valence-corrected chi connectivity index (χ3v) is 4.21. The molecule has 2 aromatic rings. The van der Waals surface area contributed by atoms with Crippen LogP contribution < -0.4 is 4.90 Å². The Labute approximate surface area is 147 Å². The Morgan fingerprint density at radius 2 is 1.83 bits per heavy atom. The first kappa shape index (κ1) is 16.8. The number of piperazine rings is 1. The molecule has 0 saturated carbocycles. The Morgan fingerprint density at radius 1 is 1.17 bits per heavy atom. The van der Waals surface area contributed by atoms with Gasteiger partial charge in [0.1, 0.15) is 5.60 Å². The number of para-hydroxylation sites is 1. The lowest BCUT2D eigenvalue weighted by atomic mass is 10.2. The average Bonchev–Trinajstić information content (AvgIpc) is 2.53. The summed E-state index contributed by atoms with van der Waals surface area (Å²) in [4.78, 5) is 20.5. The van der Waals surface area contributed by atoms with Crippen molar-refractivity contribution in [2.24, 2.45) is 0 Å². The van der Waals surface area contributed by atoms with Gasteiger partial charge in [0.05, 0.1) is 11.2 Å². The Balaban J connectivity index is 1.71. The summed E-state index contributed by atoms with van der Waals surface area (Å²) in [6.07, 6.45) is -0.259. The molecule has 1 fully saturated rings. The van der Waals surface area contributed by atoms with Crippen LogP contribution in [0.4, 0.5) is 10.5 Å². The zero-order valence-electron chi connectivity index (χ0n) is 14.3. The summed E-state index contributed by atoms with van der Waals surface area (Å²) in [7, 11) is 0. The van der Waals surface area contributed by atoms with Gasteiger partial charge in [0, 0.05) is 31.6 Å². The molecule has 128 valence electrons. The highest BCUT2D eigenvalue weighted by atomic mass is 35.5. The lowest BCUT2D eigenvalue weighted by Gasteiger charge is -2.36. The third kappa shape index (κ3) is 3.73. The van der Waals surface area contributed by atoms with E-state index in [0.717, 1.165) is 16.6 Å². The van der Waals surface area contributed by atoms with Gasteiger partial charge < -0.3 is 14.5 Å². The van der Waals surface area contributed by atoms with Crippen molar-refractivity contribution in [1.82, 2.24) is 9.88 Å². The minimum absolute atomic E-state index is 0.259. The van der Waals surface area contributed by atoms with Crippen LogP contribution in [-0.2, 0) is 4.74 Å². The van der Waals surface area contributed by atoms with E-state index < -0.39 is 5.60 Å². The molecule has 0 aliphatic carbocycles.